The molecule has 1 heterocycles. The highest BCUT2D eigenvalue weighted by Gasteiger charge is 2.16. The molecule has 0 atom stereocenters. The van der Waals surface area contributed by atoms with Crippen molar-refractivity contribution in [3.05, 3.63) is 81.0 Å². The molecule has 6 nitrogen and oxygen atoms in total. The molecule has 0 aliphatic heterocycles. The molecule has 0 unspecified atom stereocenters. The van der Waals surface area contributed by atoms with Crippen molar-refractivity contribution in [1.82, 2.24) is 0 Å². The van der Waals surface area contributed by atoms with Crippen LogP contribution in [-0.4, -0.2) is 22.4 Å². The van der Waals surface area contributed by atoms with E-state index >= 15 is 0 Å². The Labute approximate surface area is 176 Å². The van der Waals surface area contributed by atoms with E-state index in [1.165, 1.54) is 31.4 Å². The van der Waals surface area contributed by atoms with Crippen LogP contribution >= 0.6 is 11.6 Å². The molecule has 152 valence electrons. The van der Waals surface area contributed by atoms with Gasteiger partial charge in [0.25, 0.3) is 0 Å². The first-order chi connectivity index (χ1) is 14.4. The zero-order valence-electron chi connectivity index (χ0n) is 15.8. The number of methoxy groups -OCH3 is 1. The highest BCUT2D eigenvalue weighted by atomic mass is 35.5. The fourth-order valence-electron chi connectivity index (χ4n) is 3.31. The predicted molar refractivity (Wildman–Crippen MR) is 114 cm³/mol. The van der Waals surface area contributed by atoms with Crippen LogP contribution in [0.25, 0.3) is 22.3 Å². The first-order valence-electron chi connectivity index (χ1n) is 9.01. The van der Waals surface area contributed by atoms with Gasteiger partial charge < -0.3 is 24.5 Å². The number of hydrogen-bond acceptors (Lipinski definition) is 6. The Morgan fingerprint density at radius 3 is 2.47 bits per heavy atom. The van der Waals surface area contributed by atoms with Crippen molar-refractivity contribution in [1.29, 1.82) is 0 Å². The molecule has 0 saturated carbocycles. The van der Waals surface area contributed by atoms with Crippen LogP contribution in [0.1, 0.15) is 11.1 Å². The third-order valence-corrected chi connectivity index (χ3v) is 5.18. The zero-order chi connectivity index (χ0) is 21.4. The van der Waals surface area contributed by atoms with E-state index in [-0.39, 0.29) is 40.4 Å². The monoisotopic (exact) mass is 424 g/mol. The molecule has 0 bridgehead atoms. The van der Waals surface area contributed by atoms with Gasteiger partial charge in [-0.25, -0.2) is 0 Å². The van der Waals surface area contributed by atoms with Crippen LogP contribution in [0.2, 0.25) is 5.02 Å². The average molecular weight is 425 g/mol. The third kappa shape index (κ3) is 3.53. The molecule has 0 radical (unpaired) electrons. The number of ether oxygens (including phenoxy) is 1. The number of benzene rings is 3. The molecule has 4 rings (SSSR count). The van der Waals surface area contributed by atoms with Crippen molar-refractivity contribution in [2.45, 2.75) is 6.42 Å². The number of phenols is 3. The lowest BCUT2D eigenvalue weighted by Gasteiger charge is -2.12. The summed E-state index contributed by atoms with van der Waals surface area (Å²) < 4.78 is 10.9. The lowest BCUT2D eigenvalue weighted by Crippen LogP contribution is -2.01. The van der Waals surface area contributed by atoms with Crippen LogP contribution in [0.3, 0.4) is 0 Å². The number of aromatic hydroxyl groups is 3. The Morgan fingerprint density at radius 2 is 1.73 bits per heavy atom. The minimum Gasteiger partial charge on any atom is -0.507 e. The summed E-state index contributed by atoms with van der Waals surface area (Å²) in [5, 5.41) is 31.2. The first-order valence-corrected chi connectivity index (χ1v) is 9.38. The number of rotatable bonds is 4. The maximum atomic E-state index is 12.6. The van der Waals surface area contributed by atoms with Crippen LogP contribution in [0, 0.1) is 0 Å². The van der Waals surface area contributed by atoms with E-state index in [4.69, 9.17) is 20.8 Å². The summed E-state index contributed by atoms with van der Waals surface area (Å²) in [6, 6.07) is 14.1. The SMILES string of the molecule is COc1cc(O)c2c(=O)cc(-c3cc(O)c(O)c(Cc4ccccc4Cl)c3)oc2c1. The van der Waals surface area contributed by atoms with Gasteiger partial charge in [0.2, 0.25) is 0 Å². The van der Waals surface area contributed by atoms with Gasteiger partial charge in [-0.3, -0.25) is 4.79 Å². The predicted octanol–water partition coefficient (Wildman–Crippen LogP) is 4.83. The lowest BCUT2D eigenvalue weighted by molar-refractivity contribution is 0.400. The van der Waals surface area contributed by atoms with E-state index in [2.05, 4.69) is 0 Å². The zero-order valence-corrected chi connectivity index (χ0v) is 16.6. The third-order valence-electron chi connectivity index (χ3n) is 4.81. The van der Waals surface area contributed by atoms with Crippen molar-refractivity contribution >= 4 is 22.6 Å². The molecule has 0 fully saturated rings. The Hall–Kier alpha value is -3.64. The molecular formula is C23H17ClO6. The average Bonchev–Trinajstić information content (AvgIpc) is 2.72. The van der Waals surface area contributed by atoms with Crippen molar-refractivity contribution in [2.24, 2.45) is 0 Å². The van der Waals surface area contributed by atoms with E-state index in [1.807, 2.05) is 12.1 Å². The molecule has 1 aromatic heterocycles. The van der Waals surface area contributed by atoms with Crippen LogP contribution < -0.4 is 10.2 Å². The summed E-state index contributed by atoms with van der Waals surface area (Å²) in [6.07, 6.45) is 0.263. The van der Waals surface area contributed by atoms with Gasteiger partial charge in [0.05, 0.1) is 7.11 Å². The summed E-state index contributed by atoms with van der Waals surface area (Å²) in [6.45, 7) is 0. The summed E-state index contributed by atoms with van der Waals surface area (Å²) in [5.41, 5.74) is 1.24. The van der Waals surface area contributed by atoms with Crippen LogP contribution in [0.15, 0.2) is 63.8 Å². The Morgan fingerprint density at radius 1 is 0.967 bits per heavy atom. The smallest absolute Gasteiger partial charge is 0.197 e. The maximum absolute atomic E-state index is 12.6. The number of phenolic OH excluding ortho intramolecular Hbond substituents is 3. The minimum absolute atomic E-state index is 0.0267. The number of hydrogen-bond donors (Lipinski definition) is 3. The summed E-state index contributed by atoms with van der Waals surface area (Å²) in [5.74, 6) is -0.395. The van der Waals surface area contributed by atoms with Crippen molar-refractivity contribution < 1.29 is 24.5 Å². The van der Waals surface area contributed by atoms with Crippen molar-refractivity contribution in [2.75, 3.05) is 7.11 Å². The Kier molecular flexibility index (Phi) is 5.01. The molecule has 7 heteroatoms. The Balaban J connectivity index is 1.86. The van der Waals surface area contributed by atoms with Crippen LogP contribution in [0.4, 0.5) is 0 Å². The fourth-order valence-corrected chi connectivity index (χ4v) is 3.51. The van der Waals surface area contributed by atoms with Gasteiger partial charge in [0.1, 0.15) is 28.2 Å². The second-order valence-corrected chi connectivity index (χ2v) is 7.17. The largest absolute Gasteiger partial charge is 0.507 e. The molecule has 0 amide bonds. The van der Waals surface area contributed by atoms with E-state index in [1.54, 1.807) is 18.2 Å². The standard InChI is InChI=1S/C23H17ClO6/c1-29-15-9-17(25)22-18(26)11-20(30-21(22)10-15)13-7-14(23(28)19(27)8-13)6-12-4-2-3-5-16(12)24/h2-5,7-11,25,27-28H,6H2,1H3. The summed E-state index contributed by atoms with van der Waals surface area (Å²) in [4.78, 5) is 12.6. The molecule has 0 spiro atoms. The fraction of sp³-hybridized carbons (Fsp3) is 0.0870. The molecule has 0 saturated heterocycles. The van der Waals surface area contributed by atoms with Crippen LogP contribution in [0.5, 0.6) is 23.0 Å². The first kappa shape index (κ1) is 19.7. The van der Waals surface area contributed by atoms with Gasteiger partial charge in [-0.15, -0.1) is 0 Å². The van der Waals surface area contributed by atoms with E-state index in [9.17, 15) is 20.1 Å². The maximum Gasteiger partial charge on any atom is 0.197 e. The normalized spacial score (nSPS) is 11.0. The summed E-state index contributed by atoms with van der Waals surface area (Å²) in [7, 11) is 1.43. The lowest BCUT2D eigenvalue weighted by atomic mass is 9.99. The highest BCUT2D eigenvalue weighted by Crippen LogP contribution is 2.38. The van der Waals surface area contributed by atoms with Gasteiger partial charge in [0.15, 0.2) is 16.9 Å². The molecule has 0 aliphatic rings. The highest BCUT2D eigenvalue weighted by molar-refractivity contribution is 6.31. The van der Waals surface area contributed by atoms with Crippen molar-refractivity contribution in [3.63, 3.8) is 0 Å². The van der Waals surface area contributed by atoms with E-state index in [0.717, 1.165) is 5.56 Å². The number of halogens is 1. The van der Waals surface area contributed by atoms with Crippen molar-refractivity contribution in [3.8, 4) is 34.3 Å². The molecule has 0 aliphatic carbocycles. The molecule has 3 N–H and O–H groups in total. The molecule has 4 aromatic rings. The van der Waals surface area contributed by atoms with Crippen LogP contribution in [-0.2, 0) is 6.42 Å². The summed E-state index contributed by atoms with van der Waals surface area (Å²) >= 11 is 6.21. The minimum atomic E-state index is -0.452. The molecule has 3 aromatic carbocycles. The quantitative estimate of drug-likeness (QED) is 0.406. The topological polar surface area (TPSA) is 100 Å². The number of fused-ring (bicyclic) bond motifs is 1. The second-order valence-electron chi connectivity index (χ2n) is 6.77. The van der Waals surface area contributed by atoms with Gasteiger partial charge in [-0.05, 0) is 23.8 Å². The molecular weight excluding hydrogens is 408 g/mol. The van der Waals surface area contributed by atoms with Gasteiger partial charge in [0, 0.05) is 40.8 Å². The van der Waals surface area contributed by atoms with E-state index in [0.29, 0.717) is 21.9 Å². The van der Waals surface area contributed by atoms with Gasteiger partial charge in [-0.1, -0.05) is 29.8 Å². The van der Waals surface area contributed by atoms with Gasteiger partial charge in [-0.2, -0.15) is 0 Å². The molecule has 30 heavy (non-hydrogen) atoms. The second kappa shape index (κ2) is 7.65. The Bertz CT molecular complexity index is 1330. The van der Waals surface area contributed by atoms with Gasteiger partial charge >= 0.3 is 0 Å². The van der Waals surface area contributed by atoms with E-state index < -0.39 is 5.43 Å².